The number of aromatic nitrogens is 1. The van der Waals surface area contributed by atoms with Gasteiger partial charge in [-0.2, -0.15) is 0 Å². The monoisotopic (exact) mass is 280 g/mol. The number of pyridine rings is 1. The number of nitrogens with zero attached hydrogens (tertiary/aromatic N) is 1. The minimum atomic E-state index is -0.118. The number of nitrogens with one attached hydrogen (secondary N) is 1. The number of hydrogen-bond acceptors (Lipinski definition) is 2. The highest BCUT2D eigenvalue weighted by Gasteiger charge is 2.15. The maximum Gasteiger partial charge on any atom is 0.106 e. The number of rotatable bonds is 2. The van der Waals surface area contributed by atoms with E-state index in [4.69, 9.17) is 5.41 Å². The standard InChI is InChI=1S/C13H17BrN2/c1-9(8-11(15)13(2,3)4)10-6-5-7-12(14)16-10/h5-8,15H,1-4H3/b9-8+,15-11?. The van der Waals surface area contributed by atoms with Gasteiger partial charge in [0.25, 0.3) is 0 Å². The Kier molecular flexibility index (Phi) is 4.03. The molecule has 3 heteroatoms. The molecule has 16 heavy (non-hydrogen) atoms. The van der Waals surface area contributed by atoms with E-state index >= 15 is 0 Å². The zero-order chi connectivity index (χ0) is 12.3. The molecular weight excluding hydrogens is 264 g/mol. The van der Waals surface area contributed by atoms with Gasteiger partial charge < -0.3 is 5.41 Å². The molecule has 0 aliphatic heterocycles. The van der Waals surface area contributed by atoms with Gasteiger partial charge in [-0.1, -0.05) is 26.8 Å². The van der Waals surface area contributed by atoms with Gasteiger partial charge in [0.2, 0.25) is 0 Å². The average Bonchev–Trinajstić information content (AvgIpc) is 2.16. The maximum absolute atomic E-state index is 7.96. The average molecular weight is 281 g/mol. The van der Waals surface area contributed by atoms with Crippen LogP contribution in [0.4, 0.5) is 0 Å². The SMILES string of the molecule is C/C(=C\C(=N)C(C)(C)C)c1cccc(Br)n1. The van der Waals surface area contributed by atoms with Crippen molar-refractivity contribution < 1.29 is 0 Å². The van der Waals surface area contributed by atoms with Gasteiger partial charge in [-0.3, -0.25) is 0 Å². The van der Waals surface area contributed by atoms with Crippen molar-refractivity contribution >= 4 is 27.2 Å². The van der Waals surface area contributed by atoms with Crippen LogP contribution >= 0.6 is 15.9 Å². The van der Waals surface area contributed by atoms with E-state index in [0.717, 1.165) is 15.9 Å². The van der Waals surface area contributed by atoms with Gasteiger partial charge in [-0.15, -0.1) is 0 Å². The molecule has 1 aromatic heterocycles. The van der Waals surface area contributed by atoms with E-state index in [1.807, 2.05) is 52.0 Å². The molecular formula is C13H17BrN2. The molecule has 0 amide bonds. The Morgan fingerprint density at radius 2 is 2.00 bits per heavy atom. The highest BCUT2D eigenvalue weighted by molar-refractivity contribution is 9.10. The topological polar surface area (TPSA) is 36.7 Å². The molecule has 0 aromatic carbocycles. The Balaban J connectivity index is 2.99. The first-order chi connectivity index (χ1) is 7.30. The van der Waals surface area contributed by atoms with E-state index < -0.39 is 0 Å². The fourth-order valence-corrected chi connectivity index (χ4v) is 1.48. The van der Waals surface area contributed by atoms with Crippen molar-refractivity contribution in [1.29, 1.82) is 5.41 Å². The molecule has 1 aromatic rings. The lowest BCUT2D eigenvalue weighted by Crippen LogP contribution is -2.17. The van der Waals surface area contributed by atoms with Crippen LogP contribution in [0.3, 0.4) is 0 Å². The number of halogens is 1. The van der Waals surface area contributed by atoms with Gasteiger partial charge in [-0.05, 0) is 46.6 Å². The summed E-state index contributed by atoms with van der Waals surface area (Å²) in [4.78, 5) is 4.36. The predicted octanol–water partition coefficient (Wildman–Crippen LogP) is 4.31. The minimum Gasteiger partial charge on any atom is -0.305 e. The van der Waals surface area contributed by atoms with E-state index in [0.29, 0.717) is 5.71 Å². The third-order valence-electron chi connectivity index (χ3n) is 2.29. The lowest BCUT2D eigenvalue weighted by molar-refractivity contribution is 0.591. The first-order valence-electron chi connectivity index (χ1n) is 5.21. The lowest BCUT2D eigenvalue weighted by Gasteiger charge is -2.17. The first kappa shape index (κ1) is 13.1. The van der Waals surface area contributed by atoms with E-state index in [2.05, 4.69) is 20.9 Å². The van der Waals surface area contributed by atoms with Crippen molar-refractivity contribution in [3.63, 3.8) is 0 Å². The van der Waals surface area contributed by atoms with Crippen LogP contribution in [0.2, 0.25) is 0 Å². The van der Waals surface area contributed by atoms with Crippen LogP contribution < -0.4 is 0 Å². The molecule has 0 saturated heterocycles. The Bertz CT molecular complexity index is 428. The highest BCUT2D eigenvalue weighted by atomic mass is 79.9. The summed E-state index contributed by atoms with van der Waals surface area (Å²) < 4.78 is 0.819. The molecule has 1 heterocycles. The summed E-state index contributed by atoms with van der Waals surface area (Å²) in [6.45, 7) is 8.09. The van der Waals surface area contributed by atoms with Crippen LogP contribution in [0.5, 0.6) is 0 Å². The van der Waals surface area contributed by atoms with Crippen molar-refractivity contribution in [2.75, 3.05) is 0 Å². The van der Waals surface area contributed by atoms with Crippen molar-refractivity contribution in [2.45, 2.75) is 27.7 Å². The molecule has 0 bridgehead atoms. The number of hydrogen-bond donors (Lipinski definition) is 1. The van der Waals surface area contributed by atoms with Gasteiger partial charge in [0.1, 0.15) is 4.60 Å². The fraction of sp³-hybridized carbons (Fsp3) is 0.385. The molecule has 0 unspecified atom stereocenters. The van der Waals surface area contributed by atoms with Gasteiger partial charge in [0.15, 0.2) is 0 Å². The molecule has 0 radical (unpaired) electrons. The molecule has 0 spiro atoms. The van der Waals surface area contributed by atoms with Crippen molar-refractivity contribution in [2.24, 2.45) is 5.41 Å². The van der Waals surface area contributed by atoms with E-state index in [1.165, 1.54) is 0 Å². The number of allylic oxidation sites excluding steroid dienone is 2. The molecule has 0 saturated carbocycles. The minimum absolute atomic E-state index is 0.118. The summed E-state index contributed by atoms with van der Waals surface area (Å²) in [6, 6.07) is 5.79. The second kappa shape index (κ2) is 4.91. The zero-order valence-corrected chi connectivity index (χ0v) is 11.7. The zero-order valence-electron chi connectivity index (χ0n) is 10.1. The van der Waals surface area contributed by atoms with Gasteiger partial charge >= 0.3 is 0 Å². The van der Waals surface area contributed by atoms with Crippen molar-refractivity contribution in [1.82, 2.24) is 4.98 Å². The fourth-order valence-electron chi connectivity index (χ4n) is 1.13. The molecule has 0 aliphatic rings. The smallest absolute Gasteiger partial charge is 0.106 e. The second-order valence-electron chi connectivity index (χ2n) is 4.84. The molecule has 2 nitrogen and oxygen atoms in total. The van der Waals surface area contributed by atoms with Gasteiger partial charge in [0.05, 0.1) is 5.69 Å². The summed E-state index contributed by atoms with van der Waals surface area (Å²) in [5, 5.41) is 7.96. The Hall–Kier alpha value is -0.960. The van der Waals surface area contributed by atoms with Gasteiger partial charge in [0, 0.05) is 11.1 Å². The normalized spacial score (nSPS) is 12.7. The molecule has 1 N–H and O–H groups in total. The summed E-state index contributed by atoms with van der Waals surface area (Å²) in [5.74, 6) is 0. The second-order valence-corrected chi connectivity index (χ2v) is 5.65. The molecule has 1 rings (SSSR count). The van der Waals surface area contributed by atoms with Crippen molar-refractivity contribution in [3.8, 4) is 0 Å². The molecule has 86 valence electrons. The van der Waals surface area contributed by atoms with Crippen LogP contribution in [-0.2, 0) is 0 Å². The van der Waals surface area contributed by atoms with E-state index in [-0.39, 0.29) is 5.41 Å². The largest absolute Gasteiger partial charge is 0.305 e. The third kappa shape index (κ3) is 3.56. The van der Waals surface area contributed by atoms with E-state index in [9.17, 15) is 0 Å². The summed E-state index contributed by atoms with van der Waals surface area (Å²) in [6.07, 6.45) is 1.88. The van der Waals surface area contributed by atoms with Crippen LogP contribution in [0.25, 0.3) is 5.57 Å². The van der Waals surface area contributed by atoms with E-state index in [1.54, 1.807) is 0 Å². The van der Waals surface area contributed by atoms with Crippen LogP contribution in [0.1, 0.15) is 33.4 Å². The Morgan fingerprint density at radius 1 is 1.38 bits per heavy atom. The lowest BCUT2D eigenvalue weighted by atomic mass is 9.88. The summed E-state index contributed by atoms with van der Waals surface area (Å²) >= 11 is 3.34. The van der Waals surface area contributed by atoms with Crippen LogP contribution in [0.15, 0.2) is 28.9 Å². The predicted molar refractivity (Wildman–Crippen MR) is 72.8 cm³/mol. The quantitative estimate of drug-likeness (QED) is 0.636. The summed E-state index contributed by atoms with van der Waals surface area (Å²) in [5.41, 5.74) is 2.42. The molecule has 0 atom stereocenters. The maximum atomic E-state index is 7.96. The highest BCUT2D eigenvalue weighted by Crippen LogP contribution is 2.20. The van der Waals surface area contributed by atoms with Crippen LogP contribution in [-0.4, -0.2) is 10.7 Å². The Labute approximate surface area is 105 Å². The van der Waals surface area contributed by atoms with Gasteiger partial charge in [-0.25, -0.2) is 4.98 Å². The molecule has 0 fully saturated rings. The third-order valence-corrected chi connectivity index (χ3v) is 2.73. The molecule has 0 aliphatic carbocycles. The van der Waals surface area contributed by atoms with Crippen molar-refractivity contribution in [3.05, 3.63) is 34.6 Å². The van der Waals surface area contributed by atoms with Crippen LogP contribution in [0, 0.1) is 10.8 Å². The Morgan fingerprint density at radius 3 is 2.50 bits per heavy atom. The summed E-state index contributed by atoms with van der Waals surface area (Å²) in [7, 11) is 0. The first-order valence-corrected chi connectivity index (χ1v) is 6.00.